The predicted octanol–water partition coefficient (Wildman–Crippen LogP) is 3.05. The topological polar surface area (TPSA) is 98.0 Å². The summed E-state index contributed by atoms with van der Waals surface area (Å²) in [5, 5.41) is 3.40. The van der Waals surface area contributed by atoms with Gasteiger partial charge in [-0.2, -0.15) is 0 Å². The number of aldehydes is 1. The minimum absolute atomic E-state index is 0.0369. The highest BCUT2D eigenvalue weighted by Crippen LogP contribution is 2.19. The first-order chi connectivity index (χ1) is 12.7. The molecule has 136 valence electrons. The zero-order valence-corrected chi connectivity index (χ0v) is 15.2. The lowest BCUT2D eigenvalue weighted by atomic mass is 10.2. The van der Waals surface area contributed by atoms with Gasteiger partial charge in [-0.25, -0.2) is 4.98 Å². The maximum absolute atomic E-state index is 11.5. The number of hydrogen-bond acceptors (Lipinski definition) is 6. The molecular formula is C19H22N4O2S. The number of hydrogen-bond donors (Lipinski definition) is 2. The molecule has 2 heterocycles. The van der Waals surface area contributed by atoms with Crippen LogP contribution in [0.15, 0.2) is 48.8 Å². The molecule has 0 atom stereocenters. The smallest absolute Gasteiger partial charge is 0.251 e. The first-order valence-corrected chi connectivity index (χ1v) is 9.25. The average Bonchev–Trinajstić information content (AvgIpc) is 3.12. The van der Waals surface area contributed by atoms with Gasteiger partial charge in [-0.3, -0.25) is 14.6 Å². The molecule has 0 saturated carbocycles. The van der Waals surface area contributed by atoms with Gasteiger partial charge in [-0.1, -0.05) is 18.6 Å². The SMILES string of the molecule is NCCCCCNC(=O)c1ccncc1.O=Cc1nc2ccccc2s1. The number of nitrogens with zero attached hydrogens (tertiary/aromatic N) is 2. The van der Waals surface area contributed by atoms with Gasteiger partial charge in [0.2, 0.25) is 0 Å². The molecule has 0 unspecified atom stereocenters. The van der Waals surface area contributed by atoms with Gasteiger partial charge in [-0.05, 0) is 43.7 Å². The normalized spacial score (nSPS) is 10.0. The molecule has 1 amide bonds. The number of para-hydroxylation sites is 1. The summed E-state index contributed by atoms with van der Waals surface area (Å²) in [5.74, 6) is -0.0369. The first kappa shape index (κ1) is 19.7. The molecule has 2 aromatic heterocycles. The second kappa shape index (κ2) is 11.1. The highest BCUT2D eigenvalue weighted by molar-refractivity contribution is 7.19. The fourth-order valence-electron chi connectivity index (χ4n) is 2.19. The Bertz CT molecular complexity index is 788. The van der Waals surface area contributed by atoms with Crippen molar-refractivity contribution in [2.24, 2.45) is 5.73 Å². The van der Waals surface area contributed by atoms with Crippen molar-refractivity contribution in [1.82, 2.24) is 15.3 Å². The van der Waals surface area contributed by atoms with Crippen LogP contribution in [0, 0.1) is 0 Å². The number of nitrogens with two attached hydrogens (primary N) is 1. The minimum Gasteiger partial charge on any atom is -0.352 e. The number of unbranched alkanes of at least 4 members (excludes halogenated alkanes) is 2. The first-order valence-electron chi connectivity index (χ1n) is 8.43. The van der Waals surface area contributed by atoms with E-state index in [0.29, 0.717) is 17.1 Å². The van der Waals surface area contributed by atoms with Crippen molar-refractivity contribution < 1.29 is 9.59 Å². The molecule has 7 heteroatoms. The van der Waals surface area contributed by atoms with Crippen LogP contribution in [0.3, 0.4) is 0 Å². The molecule has 0 aliphatic rings. The molecule has 0 fully saturated rings. The summed E-state index contributed by atoms with van der Waals surface area (Å²) in [6, 6.07) is 11.1. The Hall–Kier alpha value is -2.64. The van der Waals surface area contributed by atoms with Gasteiger partial charge in [0.25, 0.3) is 5.91 Å². The van der Waals surface area contributed by atoms with Crippen LogP contribution in [0.4, 0.5) is 0 Å². The summed E-state index contributed by atoms with van der Waals surface area (Å²) in [4.78, 5) is 29.8. The van der Waals surface area contributed by atoms with Crippen LogP contribution in [0.2, 0.25) is 0 Å². The molecule has 0 aliphatic heterocycles. The van der Waals surface area contributed by atoms with Crippen LogP contribution < -0.4 is 11.1 Å². The molecule has 26 heavy (non-hydrogen) atoms. The number of carbonyl (C=O) groups excluding carboxylic acids is 2. The molecule has 3 aromatic rings. The zero-order chi connectivity index (χ0) is 18.6. The van der Waals surface area contributed by atoms with Gasteiger partial charge < -0.3 is 11.1 Å². The van der Waals surface area contributed by atoms with E-state index >= 15 is 0 Å². The predicted molar refractivity (Wildman–Crippen MR) is 104 cm³/mol. The lowest BCUT2D eigenvalue weighted by molar-refractivity contribution is 0.0952. The highest BCUT2D eigenvalue weighted by Gasteiger charge is 2.02. The number of thiazole rings is 1. The lowest BCUT2D eigenvalue weighted by Crippen LogP contribution is -2.24. The Kier molecular flexibility index (Phi) is 8.38. The molecule has 0 radical (unpaired) electrons. The van der Waals surface area contributed by atoms with Crippen LogP contribution in [0.1, 0.15) is 39.4 Å². The van der Waals surface area contributed by atoms with Crippen molar-refractivity contribution in [1.29, 1.82) is 0 Å². The fourth-order valence-corrected chi connectivity index (χ4v) is 2.98. The number of pyridine rings is 1. The fraction of sp³-hybridized carbons (Fsp3) is 0.263. The number of carbonyl (C=O) groups is 2. The molecular weight excluding hydrogens is 348 g/mol. The van der Waals surface area contributed by atoms with Crippen LogP contribution in [0.25, 0.3) is 10.2 Å². The van der Waals surface area contributed by atoms with Crippen molar-refractivity contribution in [2.45, 2.75) is 19.3 Å². The third kappa shape index (κ3) is 6.34. The largest absolute Gasteiger partial charge is 0.352 e. The van der Waals surface area contributed by atoms with E-state index in [0.717, 1.165) is 42.3 Å². The third-order valence-electron chi connectivity index (χ3n) is 3.52. The van der Waals surface area contributed by atoms with Crippen LogP contribution in [0.5, 0.6) is 0 Å². The number of aromatic nitrogens is 2. The maximum atomic E-state index is 11.5. The quantitative estimate of drug-likeness (QED) is 0.492. The Morgan fingerprint density at radius 3 is 2.58 bits per heavy atom. The van der Waals surface area contributed by atoms with Gasteiger partial charge >= 0.3 is 0 Å². The average molecular weight is 370 g/mol. The van der Waals surface area contributed by atoms with Gasteiger partial charge in [0.05, 0.1) is 10.2 Å². The van der Waals surface area contributed by atoms with Crippen LogP contribution in [-0.4, -0.2) is 35.3 Å². The summed E-state index contributed by atoms with van der Waals surface area (Å²) >= 11 is 1.42. The van der Waals surface area contributed by atoms with Gasteiger partial charge in [-0.15, -0.1) is 11.3 Å². The van der Waals surface area contributed by atoms with E-state index in [1.54, 1.807) is 24.5 Å². The minimum atomic E-state index is -0.0369. The Morgan fingerprint density at radius 2 is 1.88 bits per heavy atom. The van der Waals surface area contributed by atoms with Crippen molar-refractivity contribution in [3.05, 3.63) is 59.4 Å². The summed E-state index contributed by atoms with van der Waals surface area (Å²) in [6.07, 6.45) is 7.07. The second-order valence-electron chi connectivity index (χ2n) is 5.48. The number of benzene rings is 1. The summed E-state index contributed by atoms with van der Waals surface area (Å²) in [6.45, 7) is 1.43. The molecule has 0 saturated heterocycles. The molecule has 1 aromatic carbocycles. The molecule has 3 rings (SSSR count). The number of rotatable bonds is 7. The monoisotopic (exact) mass is 370 g/mol. The molecule has 3 N–H and O–H groups in total. The maximum Gasteiger partial charge on any atom is 0.251 e. The van der Waals surface area contributed by atoms with Crippen molar-refractivity contribution in [3.63, 3.8) is 0 Å². The second-order valence-corrected chi connectivity index (χ2v) is 6.54. The van der Waals surface area contributed by atoms with Crippen LogP contribution in [-0.2, 0) is 0 Å². The van der Waals surface area contributed by atoms with E-state index in [9.17, 15) is 9.59 Å². The van der Waals surface area contributed by atoms with Crippen molar-refractivity contribution >= 4 is 33.7 Å². The van der Waals surface area contributed by atoms with Gasteiger partial charge in [0.15, 0.2) is 11.3 Å². The van der Waals surface area contributed by atoms with E-state index in [1.807, 2.05) is 24.3 Å². The van der Waals surface area contributed by atoms with E-state index in [4.69, 9.17) is 5.73 Å². The summed E-state index contributed by atoms with van der Waals surface area (Å²) in [5.41, 5.74) is 6.93. The number of nitrogens with one attached hydrogen (secondary N) is 1. The molecule has 6 nitrogen and oxygen atoms in total. The molecule has 0 spiro atoms. The molecule has 0 aliphatic carbocycles. The zero-order valence-electron chi connectivity index (χ0n) is 14.4. The molecule has 0 bridgehead atoms. The lowest BCUT2D eigenvalue weighted by Gasteiger charge is -2.04. The summed E-state index contributed by atoms with van der Waals surface area (Å²) in [7, 11) is 0. The number of amides is 1. The Morgan fingerprint density at radius 1 is 1.12 bits per heavy atom. The summed E-state index contributed by atoms with van der Waals surface area (Å²) < 4.78 is 1.06. The Balaban J connectivity index is 0.000000195. The van der Waals surface area contributed by atoms with Crippen molar-refractivity contribution in [2.75, 3.05) is 13.1 Å². The van der Waals surface area contributed by atoms with Crippen LogP contribution >= 0.6 is 11.3 Å². The van der Waals surface area contributed by atoms with E-state index in [1.165, 1.54) is 11.3 Å². The van der Waals surface area contributed by atoms with Crippen molar-refractivity contribution in [3.8, 4) is 0 Å². The van der Waals surface area contributed by atoms with E-state index in [2.05, 4.69) is 15.3 Å². The number of fused-ring (bicyclic) bond motifs is 1. The highest BCUT2D eigenvalue weighted by atomic mass is 32.1. The van der Waals surface area contributed by atoms with E-state index < -0.39 is 0 Å². The van der Waals surface area contributed by atoms with Gasteiger partial charge in [0.1, 0.15) is 0 Å². The standard InChI is InChI=1S/C11H17N3O.C8H5NOS/c12-6-2-1-3-7-14-11(15)10-4-8-13-9-5-10;10-5-8-9-6-3-1-2-4-7(6)11-8/h4-5,8-9H,1-3,6-7,12H2,(H,14,15);1-5H. The Labute approximate surface area is 156 Å². The van der Waals surface area contributed by atoms with E-state index in [-0.39, 0.29) is 5.91 Å². The van der Waals surface area contributed by atoms with Gasteiger partial charge in [0, 0.05) is 24.5 Å². The third-order valence-corrected chi connectivity index (χ3v) is 4.48.